The third-order valence-corrected chi connectivity index (χ3v) is 1.80. The number of rotatable bonds is 7. The Bertz CT molecular complexity index is 232. The molecule has 0 saturated carbocycles. The highest BCUT2D eigenvalue weighted by atomic mass is 16.7. The lowest BCUT2D eigenvalue weighted by atomic mass is 10.3. The second kappa shape index (κ2) is 7.89. The zero-order valence-electron chi connectivity index (χ0n) is 9.47. The summed E-state index contributed by atoms with van der Waals surface area (Å²) in [5, 5.41) is 17.0. The molecule has 0 unspecified atom stereocenters. The Morgan fingerprint density at radius 2 is 2.06 bits per heavy atom. The Kier molecular flexibility index (Phi) is 7.23. The van der Waals surface area contributed by atoms with Crippen LogP contribution in [0.15, 0.2) is 0 Å². The van der Waals surface area contributed by atoms with E-state index in [2.05, 4.69) is 4.84 Å². The van der Waals surface area contributed by atoms with Gasteiger partial charge in [0.1, 0.15) is 0 Å². The van der Waals surface area contributed by atoms with Crippen LogP contribution in [0, 0.1) is 0 Å². The molecule has 0 atom stereocenters. The van der Waals surface area contributed by atoms with E-state index >= 15 is 0 Å². The van der Waals surface area contributed by atoms with Crippen molar-refractivity contribution in [2.45, 2.75) is 26.3 Å². The number of carbonyl (C=O) groups excluding carboxylic acids is 1. The number of urea groups is 1. The van der Waals surface area contributed by atoms with Crippen molar-refractivity contribution in [3.05, 3.63) is 0 Å². The van der Waals surface area contributed by atoms with E-state index in [0.717, 1.165) is 0 Å². The zero-order valence-corrected chi connectivity index (χ0v) is 9.47. The molecule has 0 aliphatic heterocycles. The average Bonchev–Trinajstić information content (AvgIpc) is 2.17. The number of aliphatic hydroxyl groups is 1. The van der Waals surface area contributed by atoms with E-state index in [1.54, 1.807) is 0 Å². The highest BCUT2D eigenvalue weighted by molar-refractivity contribution is 5.74. The summed E-state index contributed by atoms with van der Waals surface area (Å²) in [5.41, 5.74) is 2.03. The molecule has 0 fully saturated rings. The lowest BCUT2D eigenvalue weighted by Gasteiger charge is -2.26. The van der Waals surface area contributed by atoms with Gasteiger partial charge in [0.15, 0.2) is 6.61 Å². The van der Waals surface area contributed by atoms with Gasteiger partial charge in [0.2, 0.25) is 0 Å². The number of aliphatic hydroxyl groups excluding tert-OH is 1. The highest BCUT2D eigenvalue weighted by Gasteiger charge is 2.16. The van der Waals surface area contributed by atoms with E-state index in [1.807, 2.05) is 19.3 Å². The summed E-state index contributed by atoms with van der Waals surface area (Å²) in [6, 6.07) is -0.565. The van der Waals surface area contributed by atoms with Gasteiger partial charge in [-0.25, -0.2) is 15.1 Å². The molecule has 0 aromatic heterocycles. The molecule has 0 rings (SSSR count). The van der Waals surface area contributed by atoms with Crippen molar-refractivity contribution in [1.29, 1.82) is 0 Å². The molecule has 0 bridgehead atoms. The number of hydrogen-bond acceptors (Lipinski definition) is 4. The molecule has 3 N–H and O–H groups in total. The van der Waals surface area contributed by atoms with Gasteiger partial charge >= 0.3 is 12.0 Å². The van der Waals surface area contributed by atoms with Crippen LogP contribution in [-0.2, 0) is 9.63 Å². The van der Waals surface area contributed by atoms with E-state index < -0.39 is 18.6 Å². The standard InChI is InChI=1S/C9H18N2O5/c1-7(2)11(4-3-5-12)9(15)10-16-6-8(13)14/h7,12H,3-6H2,1-2H3,(H,10,15)(H,13,14). The van der Waals surface area contributed by atoms with Crippen LogP contribution >= 0.6 is 0 Å². The van der Waals surface area contributed by atoms with Crippen molar-refractivity contribution in [2.75, 3.05) is 19.8 Å². The van der Waals surface area contributed by atoms with Crippen LogP contribution in [0.2, 0.25) is 0 Å². The van der Waals surface area contributed by atoms with Crippen LogP contribution in [0.1, 0.15) is 20.3 Å². The number of aliphatic carboxylic acids is 1. The fourth-order valence-electron chi connectivity index (χ4n) is 1.05. The summed E-state index contributed by atoms with van der Waals surface area (Å²) < 4.78 is 0. The van der Waals surface area contributed by atoms with E-state index in [4.69, 9.17) is 10.2 Å². The summed E-state index contributed by atoms with van der Waals surface area (Å²) in [5.74, 6) is -1.16. The molecular formula is C9H18N2O5. The Morgan fingerprint density at radius 3 is 2.50 bits per heavy atom. The minimum absolute atomic E-state index is 0.00746. The molecule has 2 amide bonds. The van der Waals surface area contributed by atoms with Gasteiger partial charge in [-0.15, -0.1) is 0 Å². The normalized spacial score (nSPS) is 10.2. The summed E-state index contributed by atoms with van der Waals surface area (Å²) in [6.45, 7) is 3.42. The maximum atomic E-state index is 11.5. The minimum atomic E-state index is -1.16. The van der Waals surface area contributed by atoms with Crippen molar-refractivity contribution in [2.24, 2.45) is 0 Å². The predicted molar refractivity (Wildman–Crippen MR) is 55.7 cm³/mol. The molecule has 0 aromatic rings. The van der Waals surface area contributed by atoms with Crippen LogP contribution in [0.25, 0.3) is 0 Å². The average molecular weight is 234 g/mol. The Hall–Kier alpha value is -1.34. The molecule has 0 spiro atoms. The van der Waals surface area contributed by atoms with Crippen molar-refractivity contribution in [3.63, 3.8) is 0 Å². The SMILES string of the molecule is CC(C)N(CCCO)C(=O)NOCC(=O)O. The third-order valence-electron chi connectivity index (χ3n) is 1.80. The molecule has 7 nitrogen and oxygen atoms in total. The van der Waals surface area contributed by atoms with E-state index in [-0.39, 0.29) is 12.6 Å². The number of carboxylic acid groups (broad SMARTS) is 1. The van der Waals surface area contributed by atoms with Gasteiger partial charge in [-0.05, 0) is 20.3 Å². The second-order valence-corrected chi connectivity index (χ2v) is 3.45. The Morgan fingerprint density at radius 1 is 1.44 bits per heavy atom. The first-order valence-electron chi connectivity index (χ1n) is 5.00. The van der Waals surface area contributed by atoms with E-state index in [1.165, 1.54) is 4.90 Å². The summed E-state index contributed by atoms with van der Waals surface area (Å²) in [7, 11) is 0. The van der Waals surface area contributed by atoms with Crippen molar-refractivity contribution >= 4 is 12.0 Å². The van der Waals surface area contributed by atoms with Gasteiger partial charge < -0.3 is 15.1 Å². The summed E-state index contributed by atoms with van der Waals surface area (Å²) in [6.07, 6.45) is 0.463. The van der Waals surface area contributed by atoms with E-state index in [0.29, 0.717) is 13.0 Å². The van der Waals surface area contributed by atoms with Gasteiger partial charge in [-0.1, -0.05) is 0 Å². The monoisotopic (exact) mass is 234 g/mol. The van der Waals surface area contributed by atoms with Crippen molar-refractivity contribution in [1.82, 2.24) is 10.4 Å². The summed E-state index contributed by atoms with van der Waals surface area (Å²) >= 11 is 0. The first-order chi connectivity index (χ1) is 7.49. The predicted octanol–water partition coefficient (Wildman–Crippen LogP) is -0.195. The molecule has 0 saturated heterocycles. The van der Waals surface area contributed by atoms with Gasteiger partial charge in [0.05, 0.1) is 0 Å². The lowest BCUT2D eigenvalue weighted by molar-refractivity contribution is -0.144. The van der Waals surface area contributed by atoms with Crippen molar-refractivity contribution in [3.8, 4) is 0 Å². The maximum Gasteiger partial charge on any atom is 0.341 e. The van der Waals surface area contributed by atoms with Crippen molar-refractivity contribution < 1.29 is 24.6 Å². The largest absolute Gasteiger partial charge is 0.479 e. The topological polar surface area (TPSA) is 99.1 Å². The third kappa shape index (κ3) is 6.20. The number of carbonyl (C=O) groups is 2. The Balaban J connectivity index is 4.01. The molecule has 7 heteroatoms. The van der Waals surface area contributed by atoms with Crippen LogP contribution in [0.5, 0.6) is 0 Å². The first-order valence-corrected chi connectivity index (χ1v) is 5.00. The minimum Gasteiger partial charge on any atom is -0.479 e. The molecule has 0 aromatic carbocycles. The number of nitrogens with one attached hydrogen (secondary N) is 1. The van der Waals surface area contributed by atoms with Gasteiger partial charge in [-0.2, -0.15) is 0 Å². The Labute approximate surface area is 93.9 Å². The molecule has 0 aliphatic rings. The number of hydroxylamine groups is 1. The molecule has 16 heavy (non-hydrogen) atoms. The number of hydrogen-bond donors (Lipinski definition) is 3. The zero-order chi connectivity index (χ0) is 12.6. The van der Waals surface area contributed by atoms with Crippen LogP contribution in [-0.4, -0.2) is 52.9 Å². The molecule has 0 heterocycles. The molecule has 94 valence electrons. The number of nitrogens with zero attached hydrogens (tertiary/aromatic N) is 1. The van der Waals surface area contributed by atoms with Gasteiger partial charge in [-0.3, -0.25) is 4.84 Å². The number of carboxylic acids is 1. The highest BCUT2D eigenvalue weighted by Crippen LogP contribution is 2.00. The van der Waals surface area contributed by atoms with Gasteiger partial charge in [0, 0.05) is 19.2 Å². The fourth-order valence-corrected chi connectivity index (χ4v) is 1.05. The quantitative estimate of drug-likeness (QED) is 0.530. The van der Waals surface area contributed by atoms with Crippen LogP contribution < -0.4 is 5.48 Å². The number of amides is 2. The first kappa shape index (κ1) is 14.7. The molecule has 0 aliphatic carbocycles. The van der Waals surface area contributed by atoms with Crippen LogP contribution in [0.3, 0.4) is 0 Å². The fraction of sp³-hybridized carbons (Fsp3) is 0.778. The lowest BCUT2D eigenvalue weighted by Crippen LogP contribution is -2.45. The van der Waals surface area contributed by atoms with E-state index in [9.17, 15) is 9.59 Å². The second-order valence-electron chi connectivity index (χ2n) is 3.45. The maximum absolute atomic E-state index is 11.5. The van der Waals surface area contributed by atoms with Gasteiger partial charge in [0.25, 0.3) is 0 Å². The smallest absolute Gasteiger partial charge is 0.341 e. The molecule has 0 radical (unpaired) electrons. The van der Waals surface area contributed by atoms with Crippen LogP contribution in [0.4, 0.5) is 4.79 Å². The summed E-state index contributed by atoms with van der Waals surface area (Å²) in [4.78, 5) is 27.5. The molecular weight excluding hydrogens is 216 g/mol.